The van der Waals surface area contributed by atoms with Crippen LogP contribution in [0.1, 0.15) is 16.7 Å². The molecule has 0 fully saturated rings. The molecular formula is C18H19NO5S. The fourth-order valence-electron chi connectivity index (χ4n) is 2.25. The second kappa shape index (κ2) is 7.96. The molecule has 2 rings (SSSR count). The topological polar surface area (TPSA) is 92.7 Å². The number of aryl methyl sites for hydroxylation is 1. The first kappa shape index (κ1) is 18.7. The molecule has 0 atom stereocenters. The fourth-order valence-corrected chi connectivity index (χ4v) is 3.59. The van der Waals surface area contributed by atoms with E-state index in [-0.39, 0.29) is 10.6 Å². The minimum atomic E-state index is -3.50. The van der Waals surface area contributed by atoms with Gasteiger partial charge in [0.2, 0.25) is 0 Å². The Morgan fingerprint density at radius 3 is 2.48 bits per heavy atom. The smallest absolute Gasteiger partial charge is 0.267 e. The Morgan fingerprint density at radius 2 is 1.88 bits per heavy atom. The first-order chi connectivity index (χ1) is 11.9. The van der Waals surface area contributed by atoms with Crippen LogP contribution in [-0.2, 0) is 20.4 Å². The number of hydroxylamine groups is 1. The molecule has 25 heavy (non-hydrogen) atoms. The summed E-state index contributed by atoms with van der Waals surface area (Å²) in [6.45, 7) is 1.89. The summed E-state index contributed by atoms with van der Waals surface area (Å²) in [4.78, 5) is 11.1. The zero-order valence-electron chi connectivity index (χ0n) is 13.9. The number of rotatable bonds is 6. The Labute approximate surface area is 146 Å². The Kier molecular flexibility index (Phi) is 5.95. The van der Waals surface area contributed by atoms with Crippen molar-refractivity contribution in [3.05, 3.63) is 65.2 Å². The maximum Gasteiger partial charge on any atom is 0.267 e. The van der Waals surface area contributed by atoms with E-state index in [1.54, 1.807) is 31.4 Å². The van der Waals surface area contributed by atoms with E-state index < -0.39 is 15.7 Å². The molecular weight excluding hydrogens is 342 g/mol. The van der Waals surface area contributed by atoms with Gasteiger partial charge in [0.1, 0.15) is 5.75 Å². The average Bonchev–Trinajstić information content (AvgIpc) is 2.61. The molecule has 0 radical (unpaired) electrons. The van der Waals surface area contributed by atoms with Crippen molar-refractivity contribution in [1.29, 1.82) is 0 Å². The molecule has 0 aromatic heterocycles. The van der Waals surface area contributed by atoms with Gasteiger partial charge in [-0.05, 0) is 47.9 Å². The van der Waals surface area contributed by atoms with Crippen LogP contribution in [0.15, 0.2) is 53.4 Å². The molecule has 2 aromatic rings. The van der Waals surface area contributed by atoms with Crippen LogP contribution >= 0.6 is 0 Å². The summed E-state index contributed by atoms with van der Waals surface area (Å²) in [6.07, 6.45) is 2.61. The fraction of sp³-hybridized carbons (Fsp3) is 0.167. The minimum Gasteiger partial charge on any atom is -0.496 e. The monoisotopic (exact) mass is 361 g/mol. The van der Waals surface area contributed by atoms with E-state index in [0.717, 1.165) is 11.6 Å². The number of sulfone groups is 1. The summed E-state index contributed by atoms with van der Waals surface area (Å²) in [7, 11) is -1.96. The highest BCUT2D eigenvalue weighted by molar-refractivity contribution is 7.90. The van der Waals surface area contributed by atoms with Crippen molar-refractivity contribution in [3.63, 3.8) is 0 Å². The molecule has 2 N–H and O–H groups in total. The lowest BCUT2D eigenvalue weighted by atomic mass is 10.1. The summed E-state index contributed by atoms with van der Waals surface area (Å²) in [5.74, 6) is -0.147. The molecule has 0 spiro atoms. The highest BCUT2D eigenvalue weighted by Crippen LogP contribution is 2.23. The van der Waals surface area contributed by atoms with Crippen LogP contribution in [0, 0.1) is 6.92 Å². The largest absolute Gasteiger partial charge is 0.496 e. The first-order valence-corrected chi connectivity index (χ1v) is 9.09. The normalized spacial score (nSPS) is 11.5. The lowest BCUT2D eigenvalue weighted by Gasteiger charge is -2.09. The number of amides is 1. The van der Waals surface area contributed by atoms with Gasteiger partial charge >= 0.3 is 0 Å². The second-order valence-electron chi connectivity index (χ2n) is 5.44. The van der Waals surface area contributed by atoms with E-state index in [4.69, 9.17) is 9.94 Å². The molecule has 1 amide bonds. The minimum absolute atomic E-state index is 0.133. The molecule has 7 heteroatoms. The molecule has 0 bridgehead atoms. The van der Waals surface area contributed by atoms with Gasteiger partial charge in [0.15, 0.2) is 9.84 Å². The molecule has 0 unspecified atom stereocenters. The Balaban J connectivity index is 2.19. The van der Waals surface area contributed by atoms with Crippen LogP contribution in [0.25, 0.3) is 6.08 Å². The van der Waals surface area contributed by atoms with Gasteiger partial charge < -0.3 is 4.74 Å². The van der Waals surface area contributed by atoms with E-state index in [9.17, 15) is 13.2 Å². The standard InChI is InChI=1S/C18H19NO5S/c1-13-3-4-15(11-17(13)24-2)12-25(22,23)16-8-5-14(6-9-16)7-10-18(20)19-21/h3-11,21H,12H2,1-2H3,(H,19,20)/b10-7+. The quantitative estimate of drug-likeness (QED) is 0.468. The van der Waals surface area contributed by atoms with Crippen LogP contribution < -0.4 is 10.2 Å². The predicted molar refractivity (Wildman–Crippen MR) is 94.0 cm³/mol. The molecule has 0 saturated carbocycles. The van der Waals surface area contributed by atoms with E-state index in [1.807, 2.05) is 13.0 Å². The van der Waals surface area contributed by atoms with E-state index in [1.165, 1.54) is 23.7 Å². The number of ether oxygens (including phenoxy) is 1. The average molecular weight is 361 g/mol. The molecule has 0 heterocycles. The van der Waals surface area contributed by atoms with Crippen molar-refractivity contribution < 1.29 is 23.2 Å². The lowest BCUT2D eigenvalue weighted by Crippen LogP contribution is -2.14. The third-order valence-corrected chi connectivity index (χ3v) is 5.31. The molecule has 6 nitrogen and oxygen atoms in total. The van der Waals surface area contributed by atoms with Gasteiger partial charge in [0.05, 0.1) is 17.8 Å². The van der Waals surface area contributed by atoms with Gasteiger partial charge in [-0.1, -0.05) is 24.3 Å². The van der Waals surface area contributed by atoms with Gasteiger partial charge in [-0.2, -0.15) is 0 Å². The summed E-state index contributed by atoms with van der Waals surface area (Å²) < 4.78 is 30.3. The molecule has 132 valence electrons. The summed E-state index contributed by atoms with van der Waals surface area (Å²) in [5.41, 5.74) is 3.70. The Morgan fingerprint density at radius 1 is 1.20 bits per heavy atom. The predicted octanol–water partition coefficient (Wildman–Crippen LogP) is 2.50. The maximum absolute atomic E-state index is 12.6. The molecule has 2 aromatic carbocycles. The van der Waals surface area contributed by atoms with Gasteiger partial charge in [0.25, 0.3) is 5.91 Å². The zero-order valence-corrected chi connectivity index (χ0v) is 14.7. The van der Waals surface area contributed by atoms with Crippen molar-refractivity contribution in [3.8, 4) is 5.75 Å². The highest BCUT2D eigenvalue weighted by Gasteiger charge is 2.16. The summed E-state index contributed by atoms with van der Waals surface area (Å²) in [6, 6.07) is 11.4. The van der Waals surface area contributed by atoms with Crippen molar-refractivity contribution in [2.75, 3.05) is 7.11 Å². The second-order valence-corrected chi connectivity index (χ2v) is 7.43. The Bertz CT molecular complexity index is 886. The van der Waals surface area contributed by atoms with Gasteiger partial charge in [0, 0.05) is 6.08 Å². The van der Waals surface area contributed by atoms with Gasteiger partial charge in [-0.3, -0.25) is 10.0 Å². The Hall–Kier alpha value is -2.64. The van der Waals surface area contributed by atoms with Crippen LogP contribution in [-0.4, -0.2) is 26.6 Å². The van der Waals surface area contributed by atoms with Crippen molar-refractivity contribution in [1.82, 2.24) is 5.48 Å². The van der Waals surface area contributed by atoms with Crippen LogP contribution in [0.2, 0.25) is 0 Å². The number of hydrogen-bond acceptors (Lipinski definition) is 5. The van der Waals surface area contributed by atoms with E-state index in [0.29, 0.717) is 16.9 Å². The third-order valence-electron chi connectivity index (χ3n) is 3.61. The zero-order chi connectivity index (χ0) is 18.4. The molecule has 0 aliphatic rings. The van der Waals surface area contributed by atoms with Crippen LogP contribution in [0.4, 0.5) is 0 Å². The first-order valence-electron chi connectivity index (χ1n) is 7.44. The third kappa shape index (κ3) is 4.91. The SMILES string of the molecule is COc1cc(CS(=O)(=O)c2ccc(/C=C/C(=O)NO)cc2)ccc1C. The molecule has 0 aliphatic heterocycles. The van der Waals surface area contributed by atoms with Crippen molar-refractivity contribution >= 4 is 21.8 Å². The number of hydrogen-bond donors (Lipinski definition) is 2. The lowest BCUT2D eigenvalue weighted by molar-refractivity contribution is -0.124. The number of carbonyl (C=O) groups is 1. The maximum atomic E-state index is 12.6. The van der Waals surface area contributed by atoms with Crippen molar-refractivity contribution in [2.24, 2.45) is 0 Å². The van der Waals surface area contributed by atoms with Gasteiger partial charge in [-0.25, -0.2) is 13.9 Å². The van der Waals surface area contributed by atoms with Crippen LogP contribution in [0.3, 0.4) is 0 Å². The molecule has 0 aliphatic carbocycles. The number of benzene rings is 2. The van der Waals surface area contributed by atoms with Gasteiger partial charge in [-0.15, -0.1) is 0 Å². The summed E-state index contributed by atoms with van der Waals surface area (Å²) in [5, 5.41) is 8.42. The number of nitrogens with one attached hydrogen (secondary N) is 1. The van der Waals surface area contributed by atoms with E-state index >= 15 is 0 Å². The van der Waals surface area contributed by atoms with E-state index in [2.05, 4.69) is 0 Å². The van der Waals surface area contributed by atoms with Crippen molar-refractivity contribution in [2.45, 2.75) is 17.6 Å². The number of carbonyl (C=O) groups excluding carboxylic acids is 1. The summed E-state index contributed by atoms with van der Waals surface area (Å²) >= 11 is 0. The highest BCUT2D eigenvalue weighted by atomic mass is 32.2. The molecule has 0 saturated heterocycles. The van der Waals surface area contributed by atoms with Crippen LogP contribution in [0.5, 0.6) is 5.75 Å². The number of methoxy groups -OCH3 is 1.